The Morgan fingerprint density at radius 1 is 1.25 bits per heavy atom. The number of fused-ring (bicyclic) bond motifs is 1. The summed E-state index contributed by atoms with van der Waals surface area (Å²) in [4.78, 5) is 5.26. The molecular weight excluding hydrogens is 318 g/mol. The van der Waals surface area contributed by atoms with E-state index in [0.29, 0.717) is 11.4 Å². The van der Waals surface area contributed by atoms with Gasteiger partial charge in [-0.2, -0.15) is 0 Å². The predicted octanol–water partition coefficient (Wildman–Crippen LogP) is 3.93. The van der Waals surface area contributed by atoms with E-state index >= 15 is 0 Å². The molecule has 24 heavy (non-hydrogen) atoms. The van der Waals surface area contributed by atoms with Gasteiger partial charge in [0.2, 0.25) is 0 Å². The van der Waals surface area contributed by atoms with E-state index in [2.05, 4.69) is 30.4 Å². The normalized spacial score (nSPS) is 10.9. The van der Waals surface area contributed by atoms with Crippen LogP contribution in [0.4, 0.5) is 0 Å². The third kappa shape index (κ3) is 3.41. The van der Waals surface area contributed by atoms with E-state index in [1.54, 1.807) is 0 Å². The number of ether oxygens (including phenoxy) is 1. The molecule has 3 aromatic rings. The van der Waals surface area contributed by atoms with Gasteiger partial charge in [-0.25, -0.2) is 4.98 Å². The average molecular weight is 339 g/mol. The summed E-state index contributed by atoms with van der Waals surface area (Å²) in [5.74, 6) is 0.871. The number of hydrogen-bond acceptors (Lipinski definition) is 3. The molecule has 0 radical (unpaired) electrons. The standard InChI is InChI=1S/C19H21N3OS/c1-3-10-23-15-6-4-14(5-7-15)19-16(12-17(20)24)22-9-8-13(2)11-18(22)21-19/h4-9,11H,3,10,12H2,1-2H3,(H2,20,24). The van der Waals surface area contributed by atoms with Gasteiger partial charge < -0.3 is 14.9 Å². The highest BCUT2D eigenvalue weighted by Crippen LogP contribution is 2.27. The predicted molar refractivity (Wildman–Crippen MR) is 102 cm³/mol. The van der Waals surface area contributed by atoms with Crippen LogP contribution in [0.2, 0.25) is 0 Å². The fraction of sp³-hybridized carbons (Fsp3) is 0.263. The molecule has 2 N–H and O–H groups in total. The number of aryl methyl sites for hydroxylation is 1. The molecule has 1 aromatic carbocycles. The molecule has 0 atom stereocenters. The highest BCUT2D eigenvalue weighted by atomic mass is 32.1. The van der Waals surface area contributed by atoms with Gasteiger partial charge in [-0.3, -0.25) is 0 Å². The molecule has 4 nitrogen and oxygen atoms in total. The largest absolute Gasteiger partial charge is 0.494 e. The molecule has 2 heterocycles. The van der Waals surface area contributed by atoms with Crippen LogP contribution in [-0.2, 0) is 6.42 Å². The number of nitrogens with zero attached hydrogens (tertiary/aromatic N) is 2. The SMILES string of the molecule is CCCOc1ccc(-c2nc3cc(C)ccn3c2CC(N)=S)cc1. The van der Waals surface area contributed by atoms with E-state index in [1.165, 1.54) is 5.56 Å². The number of rotatable bonds is 6. The zero-order valence-electron chi connectivity index (χ0n) is 14.0. The number of hydrogen-bond donors (Lipinski definition) is 1. The quantitative estimate of drug-likeness (QED) is 0.692. The molecule has 0 bridgehead atoms. The zero-order chi connectivity index (χ0) is 17.1. The number of nitrogens with two attached hydrogens (primary N) is 1. The van der Waals surface area contributed by atoms with Crippen molar-refractivity contribution in [2.75, 3.05) is 6.61 Å². The topological polar surface area (TPSA) is 52.5 Å². The van der Waals surface area contributed by atoms with Gasteiger partial charge in [0, 0.05) is 18.2 Å². The van der Waals surface area contributed by atoms with Gasteiger partial charge in [0.05, 0.1) is 23.0 Å². The fourth-order valence-electron chi connectivity index (χ4n) is 2.69. The van der Waals surface area contributed by atoms with Crippen molar-refractivity contribution in [2.45, 2.75) is 26.7 Å². The molecule has 0 unspecified atom stereocenters. The van der Waals surface area contributed by atoms with Gasteiger partial charge in [0.15, 0.2) is 0 Å². The first kappa shape index (κ1) is 16.5. The van der Waals surface area contributed by atoms with Gasteiger partial charge in [-0.05, 0) is 55.3 Å². The van der Waals surface area contributed by atoms with Gasteiger partial charge in [0.25, 0.3) is 0 Å². The lowest BCUT2D eigenvalue weighted by Gasteiger charge is -2.07. The van der Waals surface area contributed by atoms with Crippen molar-refractivity contribution in [3.63, 3.8) is 0 Å². The van der Waals surface area contributed by atoms with E-state index in [0.717, 1.165) is 41.4 Å². The summed E-state index contributed by atoms with van der Waals surface area (Å²) in [6.45, 7) is 4.87. The molecule has 0 aliphatic carbocycles. The molecule has 0 saturated carbocycles. The summed E-state index contributed by atoms with van der Waals surface area (Å²) in [5.41, 5.74) is 10.8. The van der Waals surface area contributed by atoms with E-state index in [4.69, 9.17) is 27.7 Å². The number of aromatic nitrogens is 2. The molecule has 0 spiro atoms. The Hall–Kier alpha value is -2.40. The minimum atomic E-state index is 0.460. The van der Waals surface area contributed by atoms with Crippen LogP contribution in [0, 0.1) is 6.92 Å². The Morgan fingerprint density at radius 3 is 2.67 bits per heavy atom. The number of benzene rings is 1. The second-order valence-corrected chi connectivity index (χ2v) is 6.38. The third-order valence-electron chi connectivity index (χ3n) is 3.82. The van der Waals surface area contributed by atoms with Crippen molar-refractivity contribution in [2.24, 2.45) is 5.73 Å². The van der Waals surface area contributed by atoms with E-state index in [1.807, 2.05) is 30.5 Å². The molecule has 0 aliphatic heterocycles. The second kappa shape index (κ2) is 7.01. The van der Waals surface area contributed by atoms with Crippen molar-refractivity contribution >= 4 is 22.9 Å². The summed E-state index contributed by atoms with van der Waals surface area (Å²) in [7, 11) is 0. The maximum atomic E-state index is 5.80. The molecule has 0 fully saturated rings. The minimum absolute atomic E-state index is 0.460. The lowest BCUT2D eigenvalue weighted by Crippen LogP contribution is -2.13. The zero-order valence-corrected chi connectivity index (χ0v) is 14.8. The summed E-state index contributed by atoms with van der Waals surface area (Å²) in [5, 5.41) is 0. The number of imidazole rings is 1. The Balaban J connectivity index is 2.05. The van der Waals surface area contributed by atoms with Crippen LogP contribution in [0.3, 0.4) is 0 Å². The van der Waals surface area contributed by atoms with E-state index in [-0.39, 0.29) is 0 Å². The van der Waals surface area contributed by atoms with Crippen molar-refractivity contribution in [3.8, 4) is 17.0 Å². The Labute approximate surface area is 147 Å². The summed E-state index contributed by atoms with van der Waals surface area (Å²) in [6, 6.07) is 12.1. The molecule has 0 aliphatic rings. The molecule has 5 heteroatoms. The monoisotopic (exact) mass is 339 g/mol. The molecule has 0 amide bonds. The van der Waals surface area contributed by atoms with Gasteiger partial charge in [-0.15, -0.1) is 0 Å². The first-order valence-corrected chi connectivity index (χ1v) is 8.48. The van der Waals surface area contributed by atoms with E-state index in [9.17, 15) is 0 Å². The maximum Gasteiger partial charge on any atom is 0.137 e. The molecule has 2 aromatic heterocycles. The number of thiocarbonyl (C=S) groups is 1. The van der Waals surface area contributed by atoms with Crippen LogP contribution in [0.25, 0.3) is 16.9 Å². The van der Waals surface area contributed by atoms with Crippen molar-refractivity contribution in [1.29, 1.82) is 0 Å². The van der Waals surface area contributed by atoms with Crippen LogP contribution >= 0.6 is 12.2 Å². The van der Waals surface area contributed by atoms with Crippen molar-refractivity contribution in [3.05, 3.63) is 53.9 Å². The fourth-order valence-corrected chi connectivity index (χ4v) is 2.83. The highest BCUT2D eigenvalue weighted by molar-refractivity contribution is 7.80. The molecular formula is C19H21N3OS. The lowest BCUT2D eigenvalue weighted by molar-refractivity contribution is 0.317. The van der Waals surface area contributed by atoms with Crippen molar-refractivity contribution in [1.82, 2.24) is 9.38 Å². The highest BCUT2D eigenvalue weighted by Gasteiger charge is 2.15. The third-order valence-corrected chi connectivity index (χ3v) is 3.97. The smallest absolute Gasteiger partial charge is 0.137 e. The first-order chi connectivity index (χ1) is 11.6. The first-order valence-electron chi connectivity index (χ1n) is 8.07. The maximum absolute atomic E-state index is 5.80. The summed E-state index contributed by atoms with van der Waals surface area (Å²) < 4.78 is 7.71. The second-order valence-electron chi connectivity index (χ2n) is 5.86. The van der Waals surface area contributed by atoms with Crippen LogP contribution < -0.4 is 10.5 Å². The molecule has 0 saturated heterocycles. The Kier molecular flexibility index (Phi) is 4.81. The lowest BCUT2D eigenvalue weighted by atomic mass is 10.1. The van der Waals surface area contributed by atoms with Crippen LogP contribution in [0.5, 0.6) is 5.75 Å². The van der Waals surface area contributed by atoms with Gasteiger partial charge >= 0.3 is 0 Å². The summed E-state index contributed by atoms with van der Waals surface area (Å²) in [6.07, 6.45) is 3.53. The Bertz CT molecular complexity index is 868. The Morgan fingerprint density at radius 2 is 2.00 bits per heavy atom. The van der Waals surface area contributed by atoms with Gasteiger partial charge in [0.1, 0.15) is 11.4 Å². The molecule has 124 valence electrons. The van der Waals surface area contributed by atoms with Crippen LogP contribution in [-0.4, -0.2) is 21.0 Å². The summed E-state index contributed by atoms with van der Waals surface area (Å²) >= 11 is 5.13. The van der Waals surface area contributed by atoms with Crippen LogP contribution in [0.1, 0.15) is 24.6 Å². The van der Waals surface area contributed by atoms with Gasteiger partial charge in [-0.1, -0.05) is 19.1 Å². The molecule has 3 rings (SSSR count). The number of pyridine rings is 1. The van der Waals surface area contributed by atoms with E-state index < -0.39 is 0 Å². The minimum Gasteiger partial charge on any atom is -0.494 e. The van der Waals surface area contributed by atoms with Crippen LogP contribution in [0.15, 0.2) is 42.6 Å². The average Bonchev–Trinajstić information content (AvgIpc) is 2.90. The van der Waals surface area contributed by atoms with Crippen molar-refractivity contribution < 1.29 is 4.74 Å².